The summed E-state index contributed by atoms with van der Waals surface area (Å²) in [5.74, 6) is -1.86. The molecule has 1 amide bonds. The van der Waals surface area contributed by atoms with Crippen LogP contribution >= 0.6 is 23.2 Å². The number of nitrogens with one attached hydrogen (secondary N) is 1. The number of carbonyl (C=O) groups excluding carboxylic acids is 1. The van der Waals surface area contributed by atoms with Gasteiger partial charge in [-0.2, -0.15) is 0 Å². The summed E-state index contributed by atoms with van der Waals surface area (Å²) in [4.78, 5) is 34.3. The molecule has 10 nitrogen and oxygen atoms in total. The highest BCUT2D eigenvalue weighted by molar-refractivity contribution is 7.92. The highest BCUT2D eigenvalue weighted by atomic mass is 35.5. The second-order valence-corrected chi connectivity index (χ2v) is 12.7. The predicted octanol–water partition coefficient (Wildman–Crippen LogP) is 4.80. The highest BCUT2D eigenvalue weighted by Gasteiger charge is 2.33. The Labute approximate surface area is 248 Å². The van der Waals surface area contributed by atoms with E-state index in [9.17, 15) is 23.1 Å². The van der Waals surface area contributed by atoms with Gasteiger partial charge < -0.3 is 21.1 Å². The number of nitrogens with two attached hydrogens (primary N) is 1. The van der Waals surface area contributed by atoms with Crippen molar-refractivity contribution in [2.75, 3.05) is 17.3 Å². The lowest BCUT2D eigenvalue weighted by atomic mass is 10.1. The summed E-state index contributed by atoms with van der Waals surface area (Å²) in [7, 11) is -2.04. The van der Waals surface area contributed by atoms with Gasteiger partial charge in [0.05, 0.1) is 31.4 Å². The molecule has 0 aliphatic heterocycles. The molecule has 1 saturated carbocycles. The molecule has 0 saturated heterocycles. The molecular weight excluding hydrogens is 589 g/mol. The van der Waals surface area contributed by atoms with Gasteiger partial charge in [-0.15, -0.1) is 0 Å². The molecule has 3 aromatic rings. The van der Waals surface area contributed by atoms with Gasteiger partial charge in [-0.25, -0.2) is 18.2 Å². The third-order valence-corrected chi connectivity index (χ3v) is 9.79. The van der Waals surface area contributed by atoms with Crippen LogP contribution in [0.15, 0.2) is 70.8 Å². The SMILES string of the molecule is CN(C(N)=N[C@@H](Cc1ccc(NC(=O)c2c(Cl)cncc2Cl)cc1)C(=O)O)c1ccccc1S(=O)(=O)C1CCCC1. The maximum atomic E-state index is 13.3. The molecule has 216 valence electrons. The highest BCUT2D eigenvalue weighted by Crippen LogP contribution is 2.34. The van der Waals surface area contributed by atoms with E-state index in [-0.39, 0.29) is 32.9 Å². The lowest BCUT2D eigenvalue weighted by molar-refractivity contribution is -0.138. The van der Waals surface area contributed by atoms with E-state index in [1.807, 2.05) is 0 Å². The Morgan fingerprint density at radius 1 is 1.10 bits per heavy atom. The summed E-state index contributed by atoms with van der Waals surface area (Å²) in [6.45, 7) is 0. The number of aromatic nitrogens is 1. The number of benzene rings is 2. The average Bonchev–Trinajstić information content (AvgIpc) is 3.49. The van der Waals surface area contributed by atoms with Crippen LogP contribution < -0.4 is 16.0 Å². The Hall–Kier alpha value is -3.67. The van der Waals surface area contributed by atoms with Gasteiger partial charge in [0.15, 0.2) is 21.8 Å². The normalized spacial score (nSPS) is 15.0. The minimum atomic E-state index is -3.59. The molecule has 0 spiro atoms. The van der Waals surface area contributed by atoms with E-state index >= 15 is 0 Å². The van der Waals surface area contributed by atoms with Crippen molar-refractivity contribution in [3.63, 3.8) is 0 Å². The van der Waals surface area contributed by atoms with Crippen molar-refractivity contribution in [3.8, 4) is 0 Å². The molecule has 1 heterocycles. The number of para-hydroxylation sites is 1. The first-order valence-electron chi connectivity index (χ1n) is 12.8. The van der Waals surface area contributed by atoms with Crippen molar-refractivity contribution < 1.29 is 23.1 Å². The summed E-state index contributed by atoms with van der Waals surface area (Å²) in [6.07, 6.45) is 5.58. The zero-order chi connectivity index (χ0) is 29.7. The maximum Gasteiger partial charge on any atom is 0.328 e. The standard InChI is InChI=1S/C28H29Cl2N5O5S/c1-35(23-8-4-5-9-24(23)41(39,40)19-6-2-3-7-19)28(31)34-22(27(37)38)14-17-10-12-18(13-11-17)33-26(36)25-20(29)15-32-16-21(25)30/h4-5,8-13,15-16,19,22H,2-3,6-7,14H2,1H3,(H2,31,34)(H,33,36)(H,37,38)/t22-/m0/s1. The number of rotatable bonds is 9. The van der Waals surface area contributed by atoms with E-state index in [4.69, 9.17) is 28.9 Å². The van der Waals surface area contributed by atoms with E-state index in [1.165, 1.54) is 17.3 Å². The van der Waals surface area contributed by atoms with Gasteiger partial charge in [0.25, 0.3) is 5.91 Å². The molecule has 13 heteroatoms. The summed E-state index contributed by atoms with van der Waals surface area (Å²) in [5, 5.41) is 12.3. The maximum absolute atomic E-state index is 13.3. The van der Waals surface area contributed by atoms with Gasteiger partial charge in [0, 0.05) is 31.5 Å². The Morgan fingerprint density at radius 2 is 1.71 bits per heavy atom. The average molecular weight is 619 g/mol. The number of pyridine rings is 1. The minimum Gasteiger partial charge on any atom is -0.480 e. The number of aliphatic carboxylic acids is 1. The molecular formula is C28H29Cl2N5O5S. The van der Waals surface area contributed by atoms with Crippen molar-refractivity contribution in [1.29, 1.82) is 0 Å². The molecule has 1 aliphatic rings. The largest absolute Gasteiger partial charge is 0.480 e. The van der Waals surface area contributed by atoms with Crippen LogP contribution in [0.5, 0.6) is 0 Å². The van der Waals surface area contributed by atoms with Gasteiger partial charge in [-0.05, 0) is 42.7 Å². The molecule has 0 unspecified atom stereocenters. The predicted molar refractivity (Wildman–Crippen MR) is 160 cm³/mol. The number of carboxylic acid groups (broad SMARTS) is 1. The summed E-state index contributed by atoms with van der Waals surface area (Å²) in [6, 6.07) is 11.8. The van der Waals surface area contributed by atoms with E-state index in [0.717, 1.165) is 12.8 Å². The molecule has 0 bridgehead atoms. The van der Waals surface area contributed by atoms with Crippen LogP contribution in [0.1, 0.15) is 41.6 Å². The van der Waals surface area contributed by atoms with Gasteiger partial charge in [0.1, 0.15) is 0 Å². The number of anilines is 2. The quantitative estimate of drug-likeness (QED) is 0.228. The number of guanidine groups is 1. The van der Waals surface area contributed by atoms with Crippen molar-refractivity contribution in [2.45, 2.75) is 48.3 Å². The van der Waals surface area contributed by atoms with Crippen molar-refractivity contribution in [1.82, 2.24) is 4.98 Å². The lowest BCUT2D eigenvalue weighted by Gasteiger charge is -2.23. The Morgan fingerprint density at radius 3 is 2.32 bits per heavy atom. The van der Waals surface area contributed by atoms with Crippen molar-refractivity contribution >= 4 is 62.2 Å². The number of amides is 1. The minimum absolute atomic E-state index is 0.00211. The fraction of sp³-hybridized carbons (Fsp3) is 0.286. The molecule has 2 aromatic carbocycles. The molecule has 1 fully saturated rings. The van der Waals surface area contributed by atoms with Crippen molar-refractivity contribution in [2.24, 2.45) is 10.7 Å². The fourth-order valence-corrected chi connectivity index (χ4v) is 7.29. The van der Waals surface area contributed by atoms with Crippen LogP contribution in [-0.4, -0.2) is 54.7 Å². The van der Waals surface area contributed by atoms with Gasteiger partial charge in [-0.1, -0.05) is 60.3 Å². The number of nitrogens with zero attached hydrogens (tertiary/aromatic N) is 3. The zero-order valence-electron chi connectivity index (χ0n) is 22.1. The second kappa shape index (κ2) is 12.9. The van der Waals surface area contributed by atoms with Gasteiger partial charge >= 0.3 is 5.97 Å². The summed E-state index contributed by atoms with van der Waals surface area (Å²) >= 11 is 12.1. The molecule has 0 radical (unpaired) electrons. The topological polar surface area (TPSA) is 155 Å². The van der Waals surface area contributed by atoms with Crippen LogP contribution in [0.2, 0.25) is 10.0 Å². The zero-order valence-corrected chi connectivity index (χ0v) is 24.5. The summed E-state index contributed by atoms with van der Waals surface area (Å²) in [5.41, 5.74) is 7.70. The number of carbonyl (C=O) groups is 2. The summed E-state index contributed by atoms with van der Waals surface area (Å²) < 4.78 is 26.6. The molecule has 1 atom stereocenters. The van der Waals surface area contributed by atoms with E-state index in [2.05, 4.69) is 15.3 Å². The molecule has 1 aliphatic carbocycles. The number of halogens is 2. The van der Waals surface area contributed by atoms with E-state index in [0.29, 0.717) is 29.8 Å². The monoisotopic (exact) mass is 617 g/mol. The fourth-order valence-electron chi connectivity index (χ4n) is 4.68. The van der Waals surface area contributed by atoms with E-state index in [1.54, 1.807) is 55.6 Å². The van der Waals surface area contributed by atoms with Crippen LogP contribution in [0, 0.1) is 0 Å². The number of hydrogen-bond donors (Lipinski definition) is 3. The van der Waals surface area contributed by atoms with Gasteiger partial charge in [-0.3, -0.25) is 9.78 Å². The third-order valence-electron chi connectivity index (χ3n) is 6.91. The molecule has 4 N–H and O–H groups in total. The second-order valence-electron chi connectivity index (χ2n) is 9.65. The number of hydrogen-bond acceptors (Lipinski definition) is 6. The van der Waals surface area contributed by atoms with Crippen LogP contribution in [0.25, 0.3) is 0 Å². The molecule has 41 heavy (non-hydrogen) atoms. The molecule has 4 rings (SSSR count). The number of carboxylic acids is 1. The van der Waals surface area contributed by atoms with E-state index < -0.39 is 33.0 Å². The number of sulfone groups is 1. The van der Waals surface area contributed by atoms with Gasteiger partial charge in [0.2, 0.25) is 0 Å². The Kier molecular flexibility index (Phi) is 9.52. The first-order chi connectivity index (χ1) is 19.5. The first-order valence-corrected chi connectivity index (χ1v) is 15.1. The lowest BCUT2D eigenvalue weighted by Crippen LogP contribution is -2.38. The van der Waals surface area contributed by atoms with Crippen molar-refractivity contribution in [3.05, 3.63) is 82.1 Å². The Balaban J connectivity index is 1.50. The van der Waals surface area contributed by atoms with Crippen LogP contribution in [-0.2, 0) is 21.1 Å². The number of aliphatic imine (C=N–C) groups is 1. The van der Waals surface area contributed by atoms with Crippen LogP contribution in [0.3, 0.4) is 0 Å². The molecule has 1 aromatic heterocycles. The first kappa shape index (κ1) is 30.3. The Bertz CT molecular complexity index is 1550. The smallest absolute Gasteiger partial charge is 0.328 e. The van der Waals surface area contributed by atoms with Crippen LogP contribution in [0.4, 0.5) is 11.4 Å². The third kappa shape index (κ3) is 6.98.